The van der Waals surface area contributed by atoms with Crippen LogP contribution in [0.2, 0.25) is 0 Å². The van der Waals surface area contributed by atoms with Crippen LogP contribution in [-0.4, -0.2) is 42.6 Å². The normalized spacial score (nSPS) is 14.1. The molecule has 2 aromatic heterocycles. The number of rotatable bonds is 4. The second kappa shape index (κ2) is 6.57. The molecule has 0 unspecified atom stereocenters. The Bertz CT molecular complexity index is 1200. The van der Waals surface area contributed by atoms with Crippen molar-refractivity contribution in [3.05, 3.63) is 53.1 Å². The first-order valence-corrected chi connectivity index (χ1v) is 10.0. The Hall–Kier alpha value is -2.98. The number of aromatic hydroxyl groups is 1. The molecule has 3 N–H and O–H groups in total. The van der Waals surface area contributed by atoms with Crippen molar-refractivity contribution in [3.8, 4) is 5.88 Å². The van der Waals surface area contributed by atoms with E-state index in [9.17, 15) is 22.7 Å². The molecule has 4 rings (SSSR count). The van der Waals surface area contributed by atoms with Gasteiger partial charge in [0.1, 0.15) is 11.5 Å². The summed E-state index contributed by atoms with van der Waals surface area (Å²) in [5.74, 6) is -1.25. The molecule has 3 heterocycles. The van der Waals surface area contributed by atoms with Crippen LogP contribution < -0.4 is 10.0 Å². The molecule has 3 aromatic rings. The van der Waals surface area contributed by atoms with Gasteiger partial charge in [0.25, 0.3) is 5.91 Å². The minimum Gasteiger partial charge on any atom is -0.493 e. The van der Waals surface area contributed by atoms with Gasteiger partial charge in [0.2, 0.25) is 15.9 Å². The van der Waals surface area contributed by atoms with E-state index < -0.39 is 21.7 Å². The SMILES string of the molecule is CNS(=O)(=O)c1c(O)n(Cc2ccc(F)cc2)c2cnc3c(c12)CCNC3=O. The lowest BCUT2D eigenvalue weighted by molar-refractivity contribution is 0.0941. The lowest BCUT2D eigenvalue weighted by atomic mass is 10.0. The molecule has 1 aliphatic heterocycles. The van der Waals surface area contributed by atoms with Crippen molar-refractivity contribution in [1.29, 1.82) is 0 Å². The van der Waals surface area contributed by atoms with Gasteiger partial charge < -0.3 is 15.0 Å². The van der Waals surface area contributed by atoms with Crippen LogP contribution >= 0.6 is 0 Å². The first-order valence-electron chi connectivity index (χ1n) is 8.52. The minimum absolute atomic E-state index is 0.106. The Kier molecular flexibility index (Phi) is 4.31. The molecule has 0 aliphatic carbocycles. The predicted molar refractivity (Wildman–Crippen MR) is 99.2 cm³/mol. The highest BCUT2D eigenvalue weighted by molar-refractivity contribution is 7.89. The summed E-state index contributed by atoms with van der Waals surface area (Å²) in [5.41, 5.74) is 1.66. The maximum Gasteiger partial charge on any atom is 0.270 e. The Morgan fingerprint density at radius 3 is 2.71 bits per heavy atom. The van der Waals surface area contributed by atoms with Gasteiger partial charge in [-0.1, -0.05) is 12.1 Å². The number of carbonyl (C=O) groups is 1. The summed E-state index contributed by atoms with van der Waals surface area (Å²) in [5, 5.41) is 13.7. The van der Waals surface area contributed by atoms with Crippen LogP contribution in [0.1, 0.15) is 21.6 Å². The van der Waals surface area contributed by atoms with Gasteiger partial charge >= 0.3 is 0 Å². The first-order chi connectivity index (χ1) is 13.3. The van der Waals surface area contributed by atoms with Crippen LogP contribution in [0.4, 0.5) is 4.39 Å². The summed E-state index contributed by atoms with van der Waals surface area (Å²) >= 11 is 0. The number of nitrogens with one attached hydrogen (secondary N) is 2. The molecule has 0 saturated heterocycles. The number of aromatic nitrogens is 2. The van der Waals surface area contributed by atoms with Crippen molar-refractivity contribution in [2.24, 2.45) is 0 Å². The second-order valence-corrected chi connectivity index (χ2v) is 8.25. The van der Waals surface area contributed by atoms with E-state index >= 15 is 0 Å². The van der Waals surface area contributed by atoms with E-state index in [4.69, 9.17) is 0 Å². The zero-order valence-electron chi connectivity index (χ0n) is 14.9. The number of pyridine rings is 1. The predicted octanol–water partition coefficient (Wildman–Crippen LogP) is 1.12. The molecule has 1 aromatic carbocycles. The number of halogens is 1. The van der Waals surface area contributed by atoms with Crippen LogP contribution in [0.5, 0.6) is 5.88 Å². The highest BCUT2D eigenvalue weighted by Crippen LogP contribution is 2.38. The van der Waals surface area contributed by atoms with Gasteiger partial charge in [0, 0.05) is 11.9 Å². The fourth-order valence-corrected chi connectivity index (χ4v) is 4.51. The number of carbonyl (C=O) groups excluding carboxylic acids is 1. The monoisotopic (exact) mass is 404 g/mol. The van der Waals surface area contributed by atoms with E-state index in [2.05, 4.69) is 15.0 Å². The van der Waals surface area contributed by atoms with Crippen LogP contribution in [0.3, 0.4) is 0 Å². The molecule has 1 amide bonds. The quantitative estimate of drug-likeness (QED) is 0.603. The summed E-state index contributed by atoms with van der Waals surface area (Å²) in [6.45, 7) is 0.448. The smallest absolute Gasteiger partial charge is 0.270 e. The Balaban J connectivity index is 2.02. The van der Waals surface area contributed by atoms with Crippen molar-refractivity contribution >= 4 is 26.8 Å². The summed E-state index contributed by atoms with van der Waals surface area (Å²) in [7, 11) is -2.78. The number of hydrogen-bond donors (Lipinski definition) is 3. The molecule has 0 atom stereocenters. The van der Waals surface area contributed by atoms with Gasteiger partial charge in [0.15, 0.2) is 4.90 Å². The third kappa shape index (κ3) is 2.81. The molecule has 8 nitrogen and oxygen atoms in total. The largest absolute Gasteiger partial charge is 0.493 e. The molecule has 1 aliphatic rings. The molecule has 0 bridgehead atoms. The lowest BCUT2D eigenvalue weighted by Gasteiger charge is -2.17. The van der Waals surface area contributed by atoms with Gasteiger partial charge in [0.05, 0.1) is 18.3 Å². The van der Waals surface area contributed by atoms with Gasteiger partial charge in [-0.2, -0.15) is 0 Å². The fourth-order valence-electron chi connectivity index (χ4n) is 3.46. The molecule has 10 heteroatoms. The molecular formula is C18H17FN4O4S. The van der Waals surface area contributed by atoms with E-state index in [1.54, 1.807) is 12.1 Å². The highest BCUT2D eigenvalue weighted by Gasteiger charge is 2.32. The van der Waals surface area contributed by atoms with Gasteiger partial charge in [-0.05, 0) is 36.7 Å². The van der Waals surface area contributed by atoms with E-state index in [0.29, 0.717) is 29.6 Å². The van der Waals surface area contributed by atoms with Crippen molar-refractivity contribution in [2.45, 2.75) is 17.9 Å². The highest BCUT2D eigenvalue weighted by atomic mass is 32.2. The maximum absolute atomic E-state index is 13.2. The second-order valence-electron chi connectivity index (χ2n) is 6.42. The summed E-state index contributed by atoms with van der Waals surface area (Å²) in [6.07, 6.45) is 1.76. The Morgan fingerprint density at radius 2 is 2.04 bits per heavy atom. The van der Waals surface area contributed by atoms with Crippen molar-refractivity contribution in [2.75, 3.05) is 13.6 Å². The fraction of sp³-hybridized carbons (Fsp3) is 0.222. The number of amides is 1. The molecule has 0 spiro atoms. The Morgan fingerprint density at radius 1 is 1.32 bits per heavy atom. The van der Waals surface area contributed by atoms with E-state index in [1.165, 1.54) is 29.9 Å². The van der Waals surface area contributed by atoms with Crippen LogP contribution in [0, 0.1) is 5.82 Å². The van der Waals surface area contributed by atoms with Crippen molar-refractivity contribution in [1.82, 2.24) is 19.6 Å². The number of fused-ring (bicyclic) bond motifs is 3. The summed E-state index contributed by atoms with van der Waals surface area (Å²) < 4.78 is 42.1. The van der Waals surface area contributed by atoms with Crippen molar-refractivity contribution in [3.63, 3.8) is 0 Å². The number of nitrogens with zero attached hydrogens (tertiary/aromatic N) is 2. The van der Waals surface area contributed by atoms with E-state index in [0.717, 1.165) is 0 Å². The summed E-state index contributed by atoms with van der Waals surface area (Å²) in [6, 6.07) is 5.67. The van der Waals surface area contributed by atoms with Crippen LogP contribution in [-0.2, 0) is 23.0 Å². The molecule has 0 fully saturated rings. The average Bonchev–Trinajstić information content (AvgIpc) is 2.96. The maximum atomic E-state index is 13.2. The third-order valence-corrected chi connectivity index (χ3v) is 6.26. The topological polar surface area (TPSA) is 113 Å². The first kappa shape index (κ1) is 18.4. The standard InChI is InChI=1S/C18H17FN4O4S/c1-20-28(26,27)16-14-12-6-7-21-17(24)15(12)22-8-13(14)23(18(16)25)9-10-2-4-11(19)5-3-10/h2-5,8,20,25H,6-7,9H2,1H3,(H,21,24). The third-order valence-electron chi connectivity index (χ3n) is 4.80. The number of sulfonamides is 1. The minimum atomic E-state index is -4.02. The van der Waals surface area contributed by atoms with Crippen molar-refractivity contribution < 1.29 is 22.7 Å². The van der Waals surface area contributed by atoms with Crippen LogP contribution in [0.15, 0.2) is 35.4 Å². The van der Waals surface area contributed by atoms with Crippen LogP contribution in [0.25, 0.3) is 10.9 Å². The zero-order chi connectivity index (χ0) is 20.1. The average molecular weight is 404 g/mol. The zero-order valence-corrected chi connectivity index (χ0v) is 15.7. The van der Waals surface area contributed by atoms with E-state index in [-0.39, 0.29) is 28.4 Å². The van der Waals surface area contributed by atoms with Gasteiger partial charge in [-0.15, -0.1) is 0 Å². The molecule has 0 radical (unpaired) electrons. The Labute approximate surface area is 160 Å². The summed E-state index contributed by atoms with van der Waals surface area (Å²) in [4.78, 5) is 16.0. The number of benzene rings is 1. The molecule has 28 heavy (non-hydrogen) atoms. The lowest BCUT2D eigenvalue weighted by Crippen LogP contribution is -2.33. The molecular weight excluding hydrogens is 387 g/mol. The van der Waals surface area contributed by atoms with Gasteiger partial charge in [-0.25, -0.2) is 22.5 Å². The molecule has 0 saturated carbocycles. The number of hydrogen-bond acceptors (Lipinski definition) is 5. The molecule has 146 valence electrons. The van der Waals surface area contributed by atoms with Gasteiger partial charge in [-0.3, -0.25) is 4.79 Å². The van der Waals surface area contributed by atoms with E-state index in [1.807, 2.05) is 0 Å².